The molecule has 0 heterocycles. The fourth-order valence-corrected chi connectivity index (χ4v) is 2.04. The minimum absolute atomic E-state index is 0.139. The zero-order valence-corrected chi connectivity index (χ0v) is 11.4. The molecular weight excluding hydrogens is 210 g/mol. The van der Waals surface area contributed by atoms with Crippen LogP contribution in [0.2, 0.25) is 0 Å². The van der Waals surface area contributed by atoms with Gasteiger partial charge in [-0.15, -0.1) is 0 Å². The normalized spacial score (nSPS) is 18.5. The molecule has 4 heteroatoms. The van der Waals surface area contributed by atoms with E-state index in [2.05, 4.69) is 4.72 Å². The standard InChI is InChI=1S/C11H25NO2S/c1-6-9(8-10(13)7-2)12-15(14)11(3,4)5/h9-10,12-13H,6-8H2,1-5H3/t9-,10+,15+/m0/s1. The number of aliphatic hydroxyl groups excluding tert-OH is 1. The van der Waals surface area contributed by atoms with Gasteiger partial charge in [-0.25, -0.2) is 8.93 Å². The van der Waals surface area contributed by atoms with E-state index in [1.54, 1.807) is 0 Å². The van der Waals surface area contributed by atoms with Crippen LogP contribution in [0.25, 0.3) is 0 Å². The van der Waals surface area contributed by atoms with Crippen molar-refractivity contribution in [3.05, 3.63) is 0 Å². The second-order valence-electron chi connectivity index (χ2n) is 4.90. The van der Waals surface area contributed by atoms with E-state index < -0.39 is 11.0 Å². The predicted octanol–water partition coefficient (Wildman–Crippen LogP) is 1.98. The van der Waals surface area contributed by atoms with Crippen LogP contribution in [0.5, 0.6) is 0 Å². The predicted molar refractivity (Wildman–Crippen MR) is 66.0 cm³/mol. The van der Waals surface area contributed by atoms with Gasteiger partial charge < -0.3 is 5.11 Å². The second-order valence-corrected chi connectivity index (χ2v) is 6.90. The largest absolute Gasteiger partial charge is 0.393 e. The molecule has 0 aliphatic heterocycles. The van der Waals surface area contributed by atoms with Crippen molar-refractivity contribution < 1.29 is 9.32 Å². The van der Waals surface area contributed by atoms with E-state index in [1.165, 1.54) is 0 Å². The molecule has 0 saturated heterocycles. The van der Waals surface area contributed by atoms with Crippen LogP contribution in [0.15, 0.2) is 0 Å². The summed E-state index contributed by atoms with van der Waals surface area (Å²) in [5.41, 5.74) is 0. The molecule has 0 aliphatic carbocycles. The van der Waals surface area contributed by atoms with Gasteiger partial charge in [-0.3, -0.25) is 0 Å². The lowest BCUT2D eigenvalue weighted by Gasteiger charge is -2.24. The highest BCUT2D eigenvalue weighted by atomic mass is 32.2. The molecule has 15 heavy (non-hydrogen) atoms. The summed E-state index contributed by atoms with van der Waals surface area (Å²) in [6.07, 6.45) is 2.02. The number of hydrogen-bond donors (Lipinski definition) is 2. The minimum atomic E-state index is -1.05. The van der Waals surface area contributed by atoms with E-state index in [1.807, 2.05) is 34.6 Å². The van der Waals surface area contributed by atoms with E-state index in [9.17, 15) is 9.32 Å². The van der Waals surface area contributed by atoms with Crippen molar-refractivity contribution in [3.63, 3.8) is 0 Å². The molecule has 0 aromatic heterocycles. The number of nitrogens with one attached hydrogen (secondary N) is 1. The van der Waals surface area contributed by atoms with Gasteiger partial charge in [-0.05, 0) is 40.0 Å². The number of hydrogen-bond acceptors (Lipinski definition) is 2. The molecule has 0 aromatic rings. The molecule has 0 aliphatic rings. The van der Waals surface area contributed by atoms with E-state index in [0.717, 1.165) is 12.8 Å². The summed E-state index contributed by atoms with van der Waals surface area (Å²) in [4.78, 5) is 0. The summed E-state index contributed by atoms with van der Waals surface area (Å²) in [5.74, 6) is 0. The third kappa shape index (κ3) is 6.28. The molecule has 0 saturated carbocycles. The van der Waals surface area contributed by atoms with Gasteiger partial charge in [0.1, 0.15) is 0 Å². The molecule has 0 rings (SSSR count). The Balaban J connectivity index is 4.16. The van der Waals surface area contributed by atoms with Gasteiger partial charge in [0.05, 0.1) is 21.8 Å². The van der Waals surface area contributed by atoms with Crippen LogP contribution in [0.3, 0.4) is 0 Å². The molecule has 0 spiro atoms. The summed E-state index contributed by atoms with van der Waals surface area (Å²) in [6.45, 7) is 9.83. The summed E-state index contributed by atoms with van der Waals surface area (Å²) < 4.78 is 14.7. The van der Waals surface area contributed by atoms with Crippen molar-refractivity contribution >= 4 is 11.0 Å². The Kier molecular flexibility index (Phi) is 6.64. The van der Waals surface area contributed by atoms with E-state index >= 15 is 0 Å². The van der Waals surface area contributed by atoms with Crippen LogP contribution in [-0.4, -0.2) is 26.2 Å². The van der Waals surface area contributed by atoms with Crippen molar-refractivity contribution in [2.24, 2.45) is 0 Å². The summed E-state index contributed by atoms with van der Waals surface area (Å²) >= 11 is 0. The van der Waals surface area contributed by atoms with Gasteiger partial charge in [-0.2, -0.15) is 0 Å². The zero-order chi connectivity index (χ0) is 12.1. The molecule has 3 atom stereocenters. The third-order valence-corrected chi connectivity index (χ3v) is 4.01. The lowest BCUT2D eigenvalue weighted by Crippen LogP contribution is -2.41. The fraction of sp³-hybridized carbons (Fsp3) is 1.00. The second kappa shape index (κ2) is 6.61. The van der Waals surface area contributed by atoms with Crippen LogP contribution < -0.4 is 4.72 Å². The van der Waals surface area contributed by atoms with Crippen molar-refractivity contribution in [1.29, 1.82) is 0 Å². The quantitative estimate of drug-likeness (QED) is 0.739. The summed E-state index contributed by atoms with van der Waals surface area (Å²) in [6, 6.07) is 0.139. The topological polar surface area (TPSA) is 49.3 Å². The minimum Gasteiger partial charge on any atom is -0.393 e. The van der Waals surface area contributed by atoms with E-state index in [4.69, 9.17) is 0 Å². The Labute approximate surface area is 96.2 Å². The van der Waals surface area contributed by atoms with E-state index in [-0.39, 0.29) is 16.9 Å². The van der Waals surface area contributed by atoms with Crippen LogP contribution in [-0.2, 0) is 11.0 Å². The van der Waals surface area contributed by atoms with Crippen molar-refractivity contribution in [1.82, 2.24) is 4.72 Å². The van der Waals surface area contributed by atoms with Crippen LogP contribution in [0, 0.1) is 0 Å². The summed E-state index contributed by atoms with van der Waals surface area (Å²) in [5, 5.41) is 9.54. The number of aliphatic hydroxyl groups is 1. The molecule has 3 nitrogen and oxygen atoms in total. The van der Waals surface area contributed by atoms with Crippen LogP contribution in [0.1, 0.15) is 53.9 Å². The van der Waals surface area contributed by atoms with Crippen molar-refractivity contribution in [2.75, 3.05) is 0 Å². The first-order chi connectivity index (χ1) is 6.81. The van der Waals surface area contributed by atoms with Crippen LogP contribution in [0.4, 0.5) is 0 Å². The fourth-order valence-electron chi connectivity index (χ4n) is 1.12. The lowest BCUT2D eigenvalue weighted by atomic mass is 10.1. The molecule has 0 aromatic carbocycles. The first-order valence-electron chi connectivity index (χ1n) is 5.67. The molecule has 92 valence electrons. The maximum Gasteiger partial charge on any atom is 0.0972 e. The van der Waals surface area contributed by atoms with Crippen LogP contribution >= 0.6 is 0 Å². The first-order valence-corrected chi connectivity index (χ1v) is 6.82. The van der Waals surface area contributed by atoms with Gasteiger partial charge in [0.25, 0.3) is 0 Å². The molecule has 0 fully saturated rings. The SMILES string of the molecule is CC[C@@H](O)C[C@H](CC)N[S@](=O)C(C)(C)C. The lowest BCUT2D eigenvalue weighted by molar-refractivity contribution is 0.148. The Morgan fingerprint density at radius 1 is 1.27 bits per heavy atom. The monoisotopic (exact) mass is 235 g/mol. The Morgan fingerprint density at radius 2 is 1.80 bits per heavy atom. The van der Waals surface area contributed by atoms with Gasteiger partial charge in [0.15, 0.2) is 0 Å². The van der Waals surface area contributed by atoms with Crippen molar-refractivity contribution in [2.45, 2.75) is 70.8 Å². The maximum absolute atomic E-state index is 11.8. The maximum atomic E-state index is 11.8. The Morgan fingerprint density at radius 3 is 2.13 bits per heavy atom. The molecule has 0 bridgehead atoms. The molecule has 0 amide bonds. The molecule has 2 N–H and O–H groups in total. The third-order valence-electron chi connectivity index (χ3n) is 2.35. The molecule has 0 radical (unpaired) electrons. The van der Waals surface area contributed by atoms with Gasteiger partial charge in [0.2, 0.25) is 0 Å². The highest BCUT2D eigenvalue weighted by Crippen LogP contribution is 2.12. The highest BCUT2D eigenvalue weighted by molar-refractivity contribution is 7.84. The number of rotatable bonds is 6. The highest BCUT2D eigenvalue weighted by Gasteiger charge is 2.22. The average Bonchev–Trinajstić information content (AvgIpc) is 2.14. The van der Waals surface area contributed by atoms with E-state index in [0.29, 0.717) is 6.42 Å². The molecule has 0 unspecified atom stereocenters. The zero-order valence-electron chi connectivity index (χ0n) is 10.5. The summed E-state index contributed by atoms with van der Waals surface area (Å²) in [7, 11) is -1.05. The Hall–Kier alpha value is 0.0700. The van der Waals surface area contributed by atoms with Gasteiger partial charge >= 0.3 is 0 Å². The van der Waals surface area contributed by atoms with Crippen molar-refractivity contribution in [3.8, 4) is 0 Å². The van der Waals surface area contributed by atoms with Gasteiger partial charge in [-0.1, -0.05) is 13.8 Å². The smallest absolute Gasteiger partial charge is 0.0972 e. The first kappa shape index (κ1) is 15.1. The molecular formula is C11H25NO2S. The Bertz CT molecular complexity index is 201. The van der Waals surface area contributed by atoms with Gasteiger partial charge in [0, 0.05) is 6.04 Å². The average molecular weight is 235 g/mol.